The summed E-state index contributed by atoms with van der Waals surface area (Å²) >= 11 is 1.19. The molecule has 0 bridgehead atoms. The number of methoxy groups -OCH3 is 1. The third kappa shape index (κ3) is 4.06. The van der Waals surface area contributed by atoms with Crippen LogP contribution in [0.2, 0.25) is 0 Å². The number of thioether (sulfide) groups is 1. The Morgan fingerprint density at radius 3 is 2.71 bits per heavy atom. The van der Waals surface area contributed by atoms with Gasteiger partial charge in [-0.3, -0.25) is 14.2 Å². The zero-order valence-corrected chi connectivity index (χ0v) is 19.3. The highest BCUT2D eigenvalue weighted by Gasteiger charge is 2.22. The number of benzene rings is 3. The molecule has 172 valence electrons. The molecule has 1 atom stereocenters. The lowest BCUT2D eigenvalue weighted by Crippen LogP contribution is -2.26. The third-order valence-electron chi connectivity index (χ3n) is 5.36. The van der Waals surface area contributed by atoms with Gasteiger partial charge >= 0.3 is 0 Å². The first-order chi connectivity index (χ1) is 16.5. The predicted molar refractivity (Wildman–Crippen MR) is 130 cm³/mol. The Hall–Kier alpha value is -3.98. The van der Waals surface area contributed by atoms with Gasteiger partial charge < -0.3 is 19.5 Å². The van der Waals surface area contributed by atoms with Crippen molar-refractivity contribution >= 4 is 34.3 Å². The summed E-state index contributed by atoms with van der Waals surface area (Å²) in [6.07, 6.45) is 0. The van der Waals surface area contributed by atoms with E-state index in [1.165, 1.54) is 16.3 Å². The first kappa shape index (κ1) is 21.8. The van der Waals surface area contributed by atoms with Crippen LogP contribution in [0.1, 0.15) is 6.92 Å². The SMILES string of the molecule is COc1ccccc1-n1c(SC(C)C(=O)Nc2ccc3c(c2)OCO3)nc2ccccc2c1=O. The molecular weight excluding hydrogens is 454 g/mol. The zero-order valence-electron chi connectivity index (χ0n) is 18.5. The molecule has 1 aliphatic rings. The molecule has 3 aromatic carbocycles. The number of ether oxygens (including phenoxy) is 3. The summed E-state index contributed by atoms with van der Waals surface area (Å²) in [5.74, 6) is 1.51. The molecule has 0 fully saturated rings. The van der Waals surface area contributed by atoms with E-state index in [4.69, 9.17) is 19.2 Å². The zero-order chi connectivity index (χ0) is 23.7. The van der Waals surface area contributed by atoms with E-state index in [-0.39, 0.29) is 18.3 Å². The Morgan fingerprint density at radius 1 is 1.09 bits per heavy atom. The molecular formula is C25H21N3O5S. The van der Waals surface area contributed by atoms with Crippen molar-refractivity contribution < 1.29 is 19.0 Å². The molecule has 1 N–H and O–H groups in total. The fourth-order valence-electron chi connectivity index (χ4n) is 3.65. The Morgan fingerprint density at radius 2 is 1.85 bits per heavy atom. The van der Waals surface area contributed by atoms with Crippen LogP contribution in [0, 0.1) is 0 Å². The van der Waals surface area contributed by atoms with Crippen LogP contribution in [0.3, 0.4) is 0 Å². The number of carbonyl (C=O) groups is 1. The molecule has 1 unspecified atom stereocenters. The lowest BCUT2D eigenvalue weighted by Gasteiger charge is -2.18. The molecule has 0 radical (unpaired) electrons. The van der Waals surface area contributed by atoms with E-state index >= 15 is 0 Å². The molecule has 1 aliphatic heterocycles. The van der Waals surface area contributed by atoms with Crippen molar-refractivity contribution in [3.8, 4) is 22.9 Å². The number of nitrogens with zero attached hydrogens (tertiary/aromatic N) is 2. The lowest BCUT2D eigenvalue weighted by atomic mass is 10.2. The van der Waals surface area contributed by atoms with E-state index in [2.05, 4.69) is 5.32 Å². The van der Waals surface area contributed by atoms with Crippen molar-refractivity contribution in [3.63, 3.8) is 0 Å². The summed E-state index contributed by atoms with van der Waals surface area (Å²) in [6.45, 7) is 1.92. The number of nitrogens with one attached hydrogen (secondary N) is 1. The Kier molecular flexibility index (Phi) is 5.85. The van der Waals surface area contributed by atoms with Crippen molar-refractivity contribution in [1.82, 2.24) is 9.55 Å². The maximum atomic E-state index is 13.5. The van der Waals surface area contributed by atoms with Gasteiger partial charge in [0.05, 0.1) is 29.0 Å². The normalized spacial score (nSPS) is 13.0. The van der Waals surface area contributed by atoms with Crippen LogP contribution >= 0.6 is 11.8 Å². The minimum atomic E-state index is -0.556. The summed E-state index contributed by atoms with van der Waals surface area (Å²) in [7, 11) is 1.55. The van der Waals surface area contributed by atoms with Crippen LogP contribution in [0.15, 0.2) is 76.7 Å². The number of amides is 1. The summed E-state index contributed by atoms with van der Waals surface area (Å²) in [6, 6.07) is 19.6. The maximum Gasteiger partial charge on any atom is 0.266 e. The summed E-state index contributed by atoms with van der Waals surface area (Å²) in [5, 5.41) is 3.21. The van der Waals surface area contributed by atoms with Gasteiger partial charge in [0, 0.05) is 11.8 Å². The Labute approximate surface area is 199 Å². The van der Waals surface area contributed by atoms with Gasteiger partial charge in [-0.15, -0.1) is 0 Å². The second kappa shape index (κ2) is 9.11. The highest BCUT2D eigenvalue weighted by Crippen LogP contribution is 2.35. The number of carbonyl (C=O) groups excluding carboxylic acids is 1. The average molecular weight is 476 g/mol. The van der Waals surface area contributed by atoms with Gasteiger partial charge in [-0.2, -0.15) is 0 Å². The molecule has 5 rings (SSSR count). The number of hydrogen-bond acceptors (Lipinski definition) is 7. The summed E-state index contributed by atoms with van der Waals surface area (Å²) < 4.78 is 17.7. The first-order valence-corrected chi connectivity index (χ1v) is 11.5. The second-order valence-electron chi connectivity index (χ2n) is 7.54. The van der Waals surface area contributed by atoms with E-state index in [0.717, 1.165) is 0 Å². The smallest absolute Gasteiger partial charge is 0.266 e. The van der Waals surface area contributed by atoms with Gasteiger partial charge in [-0.25, -0.2) is 4.98 Å². The first-order valence-electron chi connectivity index (χ1n) is 10.6. The Balaban J connectivity index is 1.50. The summed E-state index contributed by atoms with van der Waals surface area (Å²) in [5.41, 5.74) is 1.47. The van der Waals surface area contributed by atoms with Crippen molar-refractivity contribution in [2.24, 2.45) is 0 Å². The van der Waals surface area contributed by atoms with E-state index in [1.807, 2.05) is 18.2 Å². The molecule has 2 heterocycles. The van der Waals surface area contributed by atoms with Crippen molar-refractivity contribution in [2.75, 3.05) is 19.2 Å². The maximum absolute atomic E-state index is 13.5. The number of rotatable bonds is 6. The summed E-state index contributed by atoms with van der Waals surface area (Å²) in [4.78, 5) is 31.2. The Bertz CT molecular complexity index is 1450. The minimum absolute atomic E-state index is 0.160. The van der Waals surface area contributed by atoms with Gasteiger partial charge in [0.1, 0.15) is 5.75 Å². The standard InChI is InChI=1S/C25H21N3O5S/c1-15(23(29)26-16-11-12-21-22(13-16)33-14-32-21)34-25-27-18-8-4-3-7-17(18)24(30)28(25)19-9-5-6-10-20(19)31-2/h3-13,15H,14H2,1-2H3,(H,26,29). The molecule has 0 saturated heterocycles. The monoisotopic (exact) mass is 475 g/mol. The van der Waals surface area contributed by atoms with E-state index < -0.39 is 5.25 Å². The molecule has 8 nitrogen and oxygen atoms in total. The topological polar surface area (TPSA) is 91.7 Å². The van der Waals surface area contributed by atoms with Gasteiger partial charge in [-0.1, -0.05) is 36.0 Å². The number of para-hydroxylation sites is 3. The van der Waals surface area contributed by atoms with Gasteiger partial charge in [-0.05, 0) is 43.3 Å². The van der Waals surface area contributed by atoms with Gasteiger partial charge in [0.2, 0.25) is 12.7 Å². The average Bonchev–Trinajstić information content (AvgIpc) is 3.32. The van der Waals surface area contributed by atoms with Gasteiger partial charge in [0.25, 0.3) is 5.56 Å². The number of aromatic nitrogens is 2. The van der Waals surface area contributed by atoms with Crippen LogP contribution < -0.4 is 25.1 Å². The highest BCUT2D eigenvalue weighted by atomic mass is 32.2. The van der Waals surface area contributed by atoms with Gasteiger partial charge in [0.15, 0.2) is 16.7 Å². The van der Waals surface area contributed by atoms with Crippen molar-refractivity contribution in [2.45, 2.75) is 17.3 Å². The molecule has 1 amide bonds. The van der Waals surface area contributed by atoms with Crippen molar-refractivity contribution in [3.05, 3.63) is 77.1 Å². The highest BCUT2D eigenvalue weighted by molar-refractivity contribution is 8.00. The van der Waals surface area contributed by atoms with Crippen LogP contribution in [-0.2, 0) is 4.79 Å². The molecule has 0 aliphatic carbocycles. The van der Waals surface area contributed by atoms with Crippen LogP contribution in [0.4, 0.5) is 5.69 Å². The van der Waals surface area contributed by atoms with E-state index in [9.17, 15) is 9.59 Å². The van der Waals surface area contributed by atoms with Crippen LogP contribution in [0.25, 0.3) is 16.6 Å². The molecule has 0 saturated carbocycles. The molecule has 34 heavy (non-hydrogen) atoms. The number of hydrogen-bond donors (Lipinski definition) is 1. The third-order valence-corrected chi connectivity index (χ3v) is 6.41. The largest absolute Gasteiger partial charge is 0.495 e. The van der Waals surface area contributed by atoms with E-state index in [1.54, 1.807) is 62.6 Å². The fraction of sp³-hybridized carbons (Fsp3) is 0.160. The molecule has 4 aromatic rings. The molecule has 1 aromatic heterocycles. The van der Waals surface area contributed by atoms with Crippen LogP contribution in [0.5, 0.6) is 17.2 Å². The molecule has 0 spiro atoms. The molecule has 9 heteroatoms. The fourth-order valence-corrected chi connectivity index (χ4v) is 4.57. The second-order valence-corrected chi connectivity index (χ2v) is 8.85. The van der Waals surface area contributed by atoms with Crippen molar-refractivity contribution in [1.29, 1.82) is 0 Å². The lowest BCUT2D eigenvalue weighted by molar-refractivity contribution is -0.115. The van der Waals surface area contributed by atoms with Crippen LogP contribution in [-0.4, -0.2) is 34.6 Å². The van der Waals surface area contributed by atoms with E-state index in [0.29, 0.717) is 44.7 Å². The quantitative estimate of drug-likeness (QED) is 0.329. The number of anilines is 1. The minimum Gasteiger partial charge on any atom is -0.495 e. The number of fused-ring (bicyclic) bond motifs is 2. The predicted octanol–water partition coefficient (Wildman–Crippen LogP) is 4.24.